The van der Waals surface area contributed by atoms with Crippen LogP contribution in [0.1, 0.15) is 74.2 Å². The molecule has 8 nitrogen and oxygen atoms in total. The first-order chi connectivity index (χ1) is 18.6. The maximum atomic E-state index is 13.6. The van der Waals surface area contributed by atoms with Crippen LogP contribution in [0.25, 0.3) is 0 Å². The van der Waals surface area contributed by atoms with Crippen LogP contribution in [0, 0.1) is 0 Å². The van der Waals surface area contributed by atoms with Crippen molar-refractivity contribution in [2.24, 2.45) is 0 Å². The van der Waals surface area contributed by atoms with Crippen molar-refractivity contribution in [1.82, 2.24) is 14.5 Å². The van der Waals surface area contributed by atoms with E-state index in [1.54, 1.807) is 30.3 Å². The Bertz CT molecular complexity index is 1340. The number of carbonyl (C=O) groups is 3. The van der Waals surface area contributed by atoms with Crippen molar-refractivity contribution >= 4 is 50.9 Å². The summed E-state index contributed by atoms with van der Waals surface area (Å²) in [4.78, 5) is 41.2. The topological polar surface area (TPSA) is 104 Å². The fourth-order valence-corrected chi connectivity index (χ4v) is 7.34. The van der Waals surface area contributed by atoms with Gasteiger partial charge in [-0.1, -0.05) is 67.6 Å². The molecule has 0 saturated heterocycles. The highest BCUT2D eigenvalue weighted by molar-refractivity contribution is 7.90. The average molecular weight is 595 g/mol. The first-order valence-electron chi connectivity index (χ1n) is 13.3. The monoisotopic (exact) mass is 593 g/mol. The number of fused-ring (bicyclic) bond motifs is 1. The number of sulfonamides is 1. The minimum absolute atomic E-state index is 0.0224. The van der Waals surface area contributed by atoms with Crippen molar-refractivity contribution in [3.63, 3.8) is 0 Å². The molecule has 1 N–H and O–H groups in total. The molecule has 3 amide bonds. The Morgan fingerprint density at radius 1 is 1.10 bits per heavy atom. The van der Waals surface area contributed by atoms with Gasteiger partial charge in [0.25, 0.3) is 15.9 Å². The average Bonchev–Trinajstić information content (AvgIpc) is 3.10. The quantitative estimate of drug-likeness (QED) is 0.409. The first kappa shape index (κ1) is 29.4. The lowest BCUT2D eigenvalue weighted by Gasteiger charge is -2.33. The van der Waals surface area contributed by atoms with Gasteiger partial charge >= 0.3 is 0 Å². The molecule has 1 saturated carbocycles. The van der Waals surface area contributed by atoms with E-state index in [0.29, 0.717) is 22.0 Å². The highest BCUT2D eigenvalue weighted by Gasteiger charge is 2.40. The van der Waals surface area contributed by atoms with E-state index in [-0.39, 0.29) is 54.2 Å². The Kier molecular flexibility index (Phi) is 9.56. The Labute approximate surface area is 239 Å². The molecule has 1 aliphatic carbocycles. The fourth-order valence-electron chi connectivity index (χ4n) is 5.27. The molecule has 210 valence electrons. The summed E-state index contributed by atoms with van der Waals surface area (Å²) in [6.07, 6.45) is 5.57. The zero-order valence-corrected chi connectivity index (χ0v) is 24.2. The second-order valence-electron chi connectivity index (χ2n) is 10.0. The highest BCUT2D eigenvalue weighted by Crippen LogP contribution is 2.30. The summed E-state index contributed by atoms with van der Waals surface area (Å²) < 4.78 is 26.6. The second-order valence-corrected chi connectivity index (χ2v) is 12.7. The number of halogens is 2. The zero-order valence-electron chi connectivity index (χ0n) is 21.9. The smallest absolute Gasteiger partial charge is 0.269 e. The molecule has 0 aromatic heterocycles. The van der Waals surface area contributed by atoms with Crippen LogP contribution in [0.4, 0.5) is 0 Å². The lowest BCUT2D eigenvalue weighted by Crippen LogP contribution is -2.51. The summed E-state index contributed by atoms with van der Waals surface area (Å²) in [6, 6.07) is 10.4. The van der Waals surface area contributed by atoms with Crippen LogP contribution >= 0.6 is 23.2 Å². The first-order valence-corrected chi connectivity index (χ1v) is 15.5. The molecular formula is C28H33Cl2N3O5S. The van der Waals surface area contributed by atoms with E-state index < -0.39 is 22.0 Å². The number of nitrogens with one attached hydrogen (secondary N) is 1. The van der Waals surface area contributed by atoms with Crippen LogP contribution in [0.2, 0.25) is 10.0 Å². The van der Waals surface area contributed by atoms with Gasteiger partial charge < -0.3 is 10.2 Å². The summed E-state index contributed by atoms with van der Waals surface area (Å²) >= 11 is 12.5. The minimum Gasteiger partial charge on any atom is -0.352 e. The van der Waals surface area contributed by atoms with E-state index >= 15 is 0 Å². The Morgan fingerprint density at radius 2 is 1.82 bits per heavy atom. The van der Waals surface area contributed by atoms with Crippen LogP contribution in [-0.4, -0.2) is 54.0 Å². The lowest BCUT2D eigenvalue weighted by molar-refractivity contribution is -0.141. The molecule has 4 rings (SSSR count). The van der Waals surface area contributed by atoms with Crippen LogP contribution < -0.4 is 5.32 Å². The molecule has 1 atom stereocenters. The fraction of sp³-hybridized carbons (Fsp3) is 0.464. The van der Waals surface area contributed by atoms with Crippen LogP contribution in [0.15, 0.2) is 47.4 Å². The van der Waals surface area contributed by atoms with Crippen LogP contribution in [0.3, 0.4) is 0 Å². The molecule has 2 aromatic carbocycles. The van der Waals surface area contributed by atoms with E-state index in [9.17, 15) is 22.8 Å². The van der Waals surface area contributed by atoms with Gasteiger partial charge in [0, 0.05) is 35.6 Å². The summed E-state index contributed by atoms with van der Waals surface area (Å²) in [7, 11) is -3.96. The van der Waals surface area contributed by atoms with E-state index in [4.69, 9.17) is 23.2 Å². The number of benzene rings is 2. The second kappa shape index (κ2) is 12.7. The maximum Gasteiger partial charge on any atom is 0.269 e. The molecule has 1 heterocycles. The molecule has 0 bridgehead atoms. The third-order valence-electron chi connectivity index (χ3n) is 7.36. The lowest BCUT2D eigenvalue weighted by atomic mass is 9.95. The van der Waals surface area contributed by atoms with Gasteiger partial charge in [-0.2, -0.15) is 0 Å². The van der Waals surface area contributed by atoms with Gasteiger partial charge in [-0.05, 0) is 55.5 Å². The third kappa shape index (κ3) is 6.58. The molecule has 39 heavy (non-hydrogen) atoms. The molecule has 2 aliphatic rings. The van der Waals surface area contributed by atoms with Gasteiger partial charge in [-0.3, -0.25) is 14.4 Å². The molecule has 0 spiro atoms. The Morgan fingerprint density at radius 3 is 2.49 bits per heavy atom. The Hall–Kier alpha value is -2.62. The molecule has 2 aromatic rings. The zero-order chi connectivity index (χ0) is 28.2. The number of hydrogen-bond donors (Lipinski definition) is 1. The van der Waals surface area contributed by atoms with E-state index in [1.165, 1.54) is 17.0 Å². The molecular weight excluding hydrogens is 561 g/mol. The van der Waals surface area contributed by atoms with E-state index in [2.05, 4.69) is 5.32 Å². The van der Waals surface area contributed by atoms with Gasteiger partial charge in [0.1, 0.15) is 10.9 Å². The van der Waals surface area contributed by atoms with Crippen LogP contribution in [0.5, 0.6) is 0 Å². The molecule has 1 aliphatic heterocycles. The minimum atomic E-state index is -3.96. The summed E-state index contributed by atoms with van der Waals surface area (Å²) in [5.41, 5.74) is 0.777. The normalized spacial score (nSPS) is 17.5. The molecule has 11 heteroatoms. The van der Waals surface area contributed by atoms with Gasteiger partial charge in [0.05, 0.1) is 5.56 Å². The van der Waals surface area contributed by atoms with Gasteiger partial charge in [0.2, 0.25) is 11.8 Å². The third-order valence-corrected chi connectivity index (χ3v) is 9.78. The number of rotatable bonds is 10. The van der Waals surface area contributed by atoms with Crippen molar-refractivity contribution in [3.8, 4) is 0 Å². The predicted octanol–water partition coefficient (Wildman–Crippen LogP) is 5.17. The molecule has 1 fully saturated rings. The van der Waals surface area contributed by atoms with Gasteiger partial charge in [-0.15, -0.1) is 0 Å². The molecule has 0 radical (unpaired) electrons. The number of carbonyl (C=O) groups excluding carboxylic acids is 3. The van der Waals surface area contributed by atoms with Crippen molar-refractivity contribution in [1.29, 1.82) is 0 Å². The summed E-state index contributed by atoms with van der Waals surface area (Å²) in [6.45, 7) is 1.81. The highest BCUT2D eigenvalue weighted by atomic mass is 35.5. The maximum absolute atomic E-state index is 13.6. The largest absolute Gasteiger partial charge is 0.352 e. The summed E-state index contributed by atoms with van der Waals surface area (Å²) in [5.74, 6) is -1.13. The Balaban J connectivity index is 1.49. The van der Waals surface area contributed by atoms with Gasteiger partial charge in [-0.25, -0.2) is 12.7 Å². The number of nitrogens with zero attached hydrogens (tertiary/aromatic N) is 2. The standard InChI is InChI=1S/C28H33Cl2N3O5S/c1-2-24(27(35)31-21-9-4-3-5-10-21)32(18-19-14-15-20(29)17-23(19)30)26(34)13-8-16-33-28(36)22-11-6-7-12-25(22)39(33,37)38/h6-7,11-12,14-15,17,21,24H,2-5,8-10,13,16,18H2,1H3,(H,31,35)/t24-/m0/s1. The predicted molar refractivity (Wildman–Crippen MR) is 150 cm³/mol. The number of hydrogen-bond acceptors (Lipinski definition) is 5. The number of amides is 3. The van der Waals surface area contributed by atoms with Gasteiger partial charge in [0.15, 0.2) is 0 Å². The molecule has 0 unspecified atom stereocenters. The SMILES string of the molecule is CC[C@@H](C(=O)NC1CCCCC1)N(Cc1ccc(Cl)cc1Cl)C(=O)CCCN1C(=O)c2ccccc2S1(=O)=O. The van der Waals surface area contributed by atoms with Crippen molar-refractivity contribution in [2.75, 3.05) is 6.54 Å². The van der Waals surface area contributed by atoms with E-state index in [0.717, 1.165) is 36.4 Å². The summed E-state index contributed by atoms with van der Waals surface area (Å²) in [5, 5.41) is 3.97. The van der Waals surface area contributed by atoms with E-state index in [1.807, 2.05) is 6.92 Å². The van der Waals surface area contributed by atoms with Crippen molar-refractivity contribution in [2.45, 2.75) is 81.8 Å². The van der Waals surface area contributed by atoms with Crippen molar-refractivity contribution in [3.05, 3.63) is 63.6 Å². The van der Waals surface area contributed by atoms with Crippen LogP contribution in [-0.2, 0) is 26.2 Å². The van der Waals surface area contributed by atoms with Crippen molar-refractivity contribution < 1.29 is 22.8 Å².